The van der Waals surface area contributed by atoms with Crippen molar-refractivity contribution in [2.45, 2.75) is 19.5 Å². The van der Waals surface area contributed by atoms with E-state index in [4.69, 9.17) is 5.26 Å². The summed E-state index contributed by atoms with van der Waals surface area (Å²) in [5, 5.41) is 12.4. The summed E-state index contributed by atoms with van der Waals surface area (Å²) in [5.74, 6) is 1.81. The van der Waals surface area contributed by atoms with Crippen LogP contribution in [0.3, 0.4) is 0 Å². The normalized spacial score (nSPS) is 23.4. The third kappa shape index (κ3) is 5.08. The number of benzene rings is 2. The van der Waals surface area contributed by atoms with Gasteiger partial charge in [0.05, 0.1) is 11.6 Å². The van der Waals surface area contributed by atoms with Crippen molar-refractivity contribution in [3.05, 3.63) is 65.2 Å². The molecule has 2 atom stereocenters. The second-order valence-corrected chi connectivity index (χ2v) is 7.82. The van der Waals surface area contributed by atoms with E-state index in [-0.39, 0.29) is 5.75 Å². The zero-order valence-corrected chi connectivity index (χ0v) is 15.8. The first-order valence-corrected chi connectivity index (χ1v) is 9.68. The monoisotopic (exact) mass is 401 g/mol. The Kier molecular flexibility index (Phi) is 5.48. The zero-order chi connectivity index (χ0) is 20.4. The van der Waals surface area contributed by atoms with Crippen LogP contribution in [0.15, 0.2) is 48.5 Å². The lowest BCUT2D eigenvalue weighted by atomic mass is 10.1. The summed E-state index contributed by atoms with van der Waals surface area (Å²) in [6.07, 6.45) is -4.67. The molecule has 0 radical (unpaired) electrons. The molecule has 0 spiro atoms. The highest BCUT2D eigenvalue weighted by Gasteiger charge is 2.54. The van der Waals surface area contributed by atoms with Gasteiger partial charge in [-0.25, -0.2) is 0 Å². The Hall–Kier alpha value is -2.56. The molecular formula is C22H22F3N3O. The molecule has 7 heteroatoms. The van der Waals surface area contributed by atoms with Gasteiger partial charge in [0.15, 0.2) is 0 Å². The fourth-order valence-corrected chi connectivity index (χ4v) is 4.40. The molecule has 4 nitrogen and oxygen atoms in total. The van der Waals surface area contributed by atoms with Crippen LogP contribution in [-0.4, -0.2) is 30.9 Å². The molecule has 1 saturated carbocycles. The van der Waals surface area contributed by atoms with Gasteiger partial charge in [0.1, 0.15) is 5.75 Å². The van der Waals surface area contributed by atoms with Gasteiger partial charge in [0.2, 0.25) is 0 Å². The van der Waals surface area contributed by atoms with Crippen LogP contribution in [0.5, 0.6) is 5.75 Å². The van der Waals surface area contributed by atoms with Gasteiger partial charge in [-0.15, -0.1) is 13.2 Å². The number of hydrogen-bond acceptors (Lipinski definition) is 4. The maximum atomic E-state index is 12.3. The minimum atomic E-state index is -4.67. The highest BCUT2D eigenvalue weighted by atomic mass is 19.4. The number of nitrogens with zero attached hydrogens (tertiary/aromatic N) is 2. The summed E-state index contributed by atoms with van der Waals surface area (Å²) >= 11 is 0. The number of rotatable bonds is 7. The number of fused-ring (bicyclic) bond motifs is 1. The molecule has 1 aliphatic heterocycles. The second kappa shape index (κ2) is 8.05. The highest BCUT2D eigenvalue weighted by Crippen LogP contribution is 2.51. The van der Waals surface area contributed by atoms with Gasteiger partial charge in [-0.05, 0) is 59.7 Å². The number of hydrogen-bond donors (Lipinski definition) is 1. The molecule has 0 amide bonds. The largest absolute Gasteiger partial charge is 0.573 e. The van der Waals surface area contributed by atoms with Crippen LogP contribution in [0.1, 0.15) is 16.7 Å². The van der Waals surface area contributed by atoms with Crippen molar-refractivity contribution in [2.75, 3.05) is 19.6 Å². The lowest BCUT2D eigenvalue weighted by Crippen LogP contribution is -2.27. The van der Waals surface area contributed by atoms with Gasteiger partial charge in [-0.2, -0.15) is 5.26 Å². The van der Waals surface area contributed by atoms with Crippen molar-refractivity contribution in [1.29, 1.82) is 5.26 Å². The Balaban J connectivity index is 1.20. The van der Waals surface area contributed by atoms with Crippen LogP contribution < -0.4 is 10.1 Å². The summed E-state index contributed by atoms with van der Waals surface area (Å²) in [5.41, 5.74) is 2.64. The van der Waals surface area contributed by atoms with Crippen molar-refractivity contribution in [2.24, 2.45) is 17.8 Å². The number of ether oxygens (including phenoxy) is 1. The molecule has 2 aromatic carbocycles. The zero-order valence-electron chi connectivity index (χ0n) is 15.8. The first-order valence-electron chi connectivity index (χ1n) is 9.68. The van der Waals surface area contributed by atoms with E-state index in [9.17, 15) is 13.2 Å². The summed E-state index contributed by atoms with van der Waals surface area (Å²) in [6, 6.07) is 16.0. The number of alkyl halides is 3. The molecule has 2 unspecified atom stereocenters. The Morgan fingerprint density at radius 3 is 2.52 bits per heavy atom. The molecule has 1 aliphatic carbocycles. The van der Waals surface area contributed by atoms with E-state index in [1.807, 2.05) is 18.2 Å². The molecule has 2 aliphatic rings. The van der Waals surface area contributed by atoms with Gasteiger partial charge in [-0.1, -0.05) is 24.3 Å². The predicted molar refractivity (Wildman–Crippen MR) is 102 cm³/mol. The molecular weight excluding hydrogens is 379 g/mol. The number of likely N-dealkylation sites (tertiary alicyclic amines) is 1. The van der Waals surface area contributed by atoms with Gasteiger partial charge in [0.25, 0.3) is 0 Å². The molecule has 1 heterocycles. The molecule has 1 N–H and O–H groups in total. The van der Waals surface area contributed by atoms with E-state index >= 15 is 0 Å². The summed E-state index contributed by atoms with van der Waals surface area (Å²) in [6.45, 7) is 4.38. The summed E-state index contributed by atoms with van der Waals surface area (Å²) in [4.78, 5) is 2.43. The Labute approximate surface area is 167 Å². The number of nitriles is 1. The standard InChI is InChI=1S/C22H22F3N3O/c23-22(24,25)29-18-6-2-4-16(8-18)10-27-11-19-20-13-28(14-21(19)20)12-17-5-1-3-15(7-17)9-26/h1-8,19-21,27H,10-14H2. The van der Waals surface area contributed by atoms with Crippen LogP contribution in [0.25, 0.3) is 0 Å². The summed E-state index contributed by atoms with van der Waals surface area (Å²) in [7, 11) is 0. The van der Waals surface area contributed by atoms with Crippen molar-refractivity contribution in [3.8, 4) is 11.8 Å². The quantitative estimate of drug-likeness (QED) is 0.764. The van der Waals surface area contributed by atoms with Crippen LogP contribution in [0.4, 0.5) is 13.2 Å². The average molecular weight is 401 g/mol. The molecule has 152 valence electrons. The summed E-state index contributed by atoms with van der Waals surface area (Å²) < 4.78 is 40.9. The molecule has 29 heavy (non-hydrogen) atoms. The van der Waals surface area contributed by atoms with Crippen molar-refractivity contribution in [3.63, 3.8) is 0 Å². The third-order valence-corrected chi connectivity index (χ3v) is 5.75. The molecule has 2 fully saturated rings. The Bertz CT molecular complexity index is 897. The third-order valence-electron chi connectivity index (χ3n) is 5.75. The second-order valence-electron chi connectivity index (χ2n) is 7.82. The Morgan fingerprint density at radius 2 is 1.79 bits per heavy atom. The topological polar surface area (TPSA) is 48.3 Å². The van der Waals surface area contributed by atoms with Crippen LogP contribution >= 0.6 is 0 Å². The lowest BCUT2D eigenvalue weighted by molar-refractivity contribution is -0.274. The van der Waals surface area contributed by atoms with Gasteiger partial charge >= 0.3 is 6.36 Å². The molecule has 0 aromatic heterocycles. The van der Waals surface area contributed by atoms with E-state index in [0.717, 1.165) is 31.7 Å². The Morgan fingerprint density at radius 1 is 1.07 bits per heavy atom. The fraction of sp³-hybridized carbons (Fsp3) is 0.409. The van der Waals surface area contributed by atoms with E-state index in [1.165, 1.54) is 17.7 Å². The van der Waals surface area contributed by atoms with E-state index in [1.54, 1.807) is 12.1 Å². The minimum Gasteiger partial charge on any atom is -0.406 e. The van der Waals surface area contributed by atoms with Gasteiger partial charge in [-0.3, -0.25) is 4.90 Å². The van der Waals surface area contributed by atoms with Gasteiger partial charge < -0.3 is 10.1 Å². The first kappa shape index (κ1) is 19.7. The van der Waals surface area contributed by atoms with Crippen LogP contribution in [0, 0.1) is 29.1 Å². The van der Waals surface area contributed by atoms with Crippen molar-refractivity contribution < 1.29 is 17.9 Å². The molecule has 0 bridgehead atoms. The lowest BCUT2D eigenvalue weighted by Gasteiger charge is -2.19. The smallest absolute Gasteiger partial charge is 0.406 e. The molecule has 1 saturated heterocycles. The highest BCUT2D eigenvalue weighted by molar-refractivity contribution is 5.33. The number of halogens is 3. The fourth-order valence-electron chi connectivity index (χ4n) is 4.40. The van der Waals surface area contributed by atoms with Crippen molar-refractivity contribution in [1.82, 2.24) is 10.2 Å². The minimum absolute atomic E-state index is 0.184. The van der Waals surface area contributed by atoms with Crippen LogP contribution in [-0.2, 0) is 13.1 Å². The number of nitrogens with one attached hydrogen (secondary N) is 1. The predicted octanol–water partition coefficient (Wildman–Crippen LogP) is 3.92. The van der Waals surface area contributed by atoms with Gasteiger partial charge in [0, 0.05) is 26.2 Å². The maximum absolute atomic E-state index is 12.3. The van der Waals surface area contributed by atoms with E-state index < -0.39 is 6.36 Å². The molecule has 2 aromatic rings. The first-order chi connectivity index (χ1) is 13.9. The van der Waals surface area contributed by atoms with Crippen LogP contribution in [0.2, 0.25) is 0 Å². The SMILES string of the molecule is N#Cc1cccc(CN2CC3C(CNCc4cccc(OC(F)(F)F)c4)C3C2)c1. The van der Waals surface area contributed by atoms with E-state index in [2.05, 4.69) is 27.1 Å². The average Bonchev–Trinajstić information content (AvgIpc) is 3.12. The van der Waals surface area contributed by atoms with Crippen molar-refractivity contribution >= 4 is 0 Å². The molecule has 4 rings (SSSR count). The maximum Gasteiger partial charge on any atom is 0.573 e. The number of piperidine rings is 1. The van der Waals surface area contributed by atoms with E-state index in [0.29, 0.717) is 29.9 Å².